The summed E-state index contributed by atoms with van der Waals surface area (Å²) in [6.45, 7) is 11.3. The van der Waals surface area contributed by atoms with Crippen LogP contribution in [0.3, 0.4) is 0 Å². The Balaban J connectivity index is 1.87. The molecule has 3 atom stereocenters. The van der Waals surface area contributed by atoms with E-state index in [-0.39, 0.29) is 11.5 Å². The van der Waals surface area contributed by atoms with E-state index in [0.29, 0.717) is 12.0 Å². The average molecular weight is 325 g/mol. The smallest absolute Gasteiger partial charge is 0.410 e. The SMILES string of the molecule is CC1(CNC2CCCC2CN)CCCN(C(=O)OC(C)(C)C)C1. The molecule has 3 N–H and O–H groups in total. The summed E-state index contributed by atoms with van der Waals surface area (Å²) in [6.07, 6.45) is 5.77. The fourth-order valence-corrected chi connectivity index (χ4v) is 3.91. The number of hydrogen-bond donors (Lipinski definition) is 2. The molecule has 1 amide bonds. The van der Waals surface area contributed by atoms with Crippen LogP contribution in [0, 0.1) is 11.3 Å². The molecule has 0 bridgehead atoms. The second-order valence-electron chi connectivity index (χ2n) is 8.73. The van der Waals surface area contributed by atoms with Crippen molar-refractivity contribution in [1.82, 2.24) is 10.2 Å². The van der Waals surface area contributed by atoms with Crippen molar-refractivity contribution < 1.29 is 9.53 Å². The van der Waals surface area contributed by atoms with Gasteiger partial charge in [-0.25, -0.2) is 4.79 Å². The van der Waals surface area contributed by atoms with E-state index in [1.807, 2.05) is 25.7 Å². The van der Waals surface area contributed by atoms with Crippen LogP contribution in [0.5, 0.6) is 0 Å². The molecular weight excluding hydrogens is 290 g/mol. The van der Waals surface area contributed by atoms with Gasteiger partial charge in [0, 0.05) is 25.7 Å². The number of nitrogens with zero attached hydrogens (tertiary/aromatic N) is 1. The lowest BCUT2D eigenvalue weighted by Crippen LogP contribution is -2.51. The van der Waals surface area contributed by atoms with Crippen LogP contribution in [0.4, 0.5) is 4.79 Å². The molecule has 2 rings (SSSR count). The van der Waals surface area contributed by atoms with E-state index in [2.05, 4.69) is 12.2 Å². The third kappa shape index (κ3) is 5.35. The van der Waals surface area contributed by atoms with Crippen LogP contribution in [-0.2, 0) is 4.74 Å². The summed E-state index contributed by atoms with van der Waals surface area (Å²) in [7, 11) is 0. The minimum Gasteiger partial charge on any atom is -0.444 e. The van der Waals surface area contributed by atoms with Gasteiger partial charge in [-0.1, -0.05) is 13.3 Å². The zero-order valence-corrected chi connectivity index (χ0v) is 15.4. The topological polar surface area (TPSA) is 67.6 Å². The minimum absolute atomic E-state index is 0.122. The zero-order chi connectivity index (χ0) is 17.1. The predicted molar refractivity (Wildman–Crippen MR) is 93.3 cm³/mol. The molecule has 3 unspecified atom stereocenters. The first kappa shape index (κ1) is 18.5. The normalized spacial score (nSPS) is 32.1. The highest BCUT2D eigenvalue weighted by atomic mass is 16.6. The Labute approximate surface area is 141 Å². The zero-order valence-electron chi connectivity index (χ0n) is 15.4. The lowest BCUT2D eigenvalue weighted by atomic mass is 9.81. The van der Waals surface area contributed by atoms with Crippen molar-refractivity contribution in [1.29, 1.82) is 0 Å². The first-order valence-electron chi connectivity index (χ1n) is 9.14. The minimum atomic E-state index is -0.429. The predicted octanol–water partition coefficient (Wildman–Crippen LogP) is 2.74. The van der Waals surface area contributed by atoms with Gasteiger partial charge in [-0.3, -0.25) is 0 Å². The van der Waals surface area contributed by atoms with Gasteiger partial charge in [0.2, 0.25) is 0 Å². The first-order valence-corrected chi connectivity index (χ1v) is 9.14. The number of likely N-dealkylation sites (tertiary alicyclic amines) is 1. The monoisotopic (exact) mass is 325 g/mol. The van der Waals surface area contributed by atoms with Gasteiger partial charge in [-0.2, -0.15) is 0 Å². The molecule has 23 heavy (non-hydrogen) atoms. The van der Waals surface area contributed by atoms with Crippen molar-refractivity contribution in [2.45, 2.75) is 71.4 Å². The van der Waals surface area contributed by atoms with Gasteiger partial charge in [0.1, 0.15) is 5.60 Å². The highest BCUT2D eigenvalue weighted by molar-refractivity contribution is 5.68. The lowest BCUT2D eigenvalue weighted by molar-refractivity contribution is 0.00633. The van der Waals surface area contributed by atoms with Crippen LogP contribution in [-0.4, -0.2) is 48.8 Å². The van der Waals surface area contributed by atoms with Crippen LogP contribution < -0.4 is 11.1 Å². The Hall–Kier alpha value is -0.810. The number of amides is 1. The van der Waals surface area contributed by atoms with Gasteiger partial charge in [0.15, 0.2) is 0 Å². The maximum atomic E-state index is 12.3. The maximum Gasteiger partial charge on any atom is 0.410 e. The Morgan fingerprint density at radius 3 is 2.74 bits per heavy atom. The van der Waals surface area contributed by atoms with E-state index in [1.165, 1.54) is 19.3 Å². The number of ether oxygens (including phenoxy) is 1. The van der Waals surface area contributed by atoms with Gasteiger partial charge in [-0.15, -0.1) is 0 Å². The van der Waals surface area contributed by atoms with Crippen LogP contribution in [0.1, 0.15) is 59.8 Å². The van der Waals surface area contributed by atoms with Gasteiger partial charge in [0.25, 0.3) is 0 Å². The number of nitrogens with two attached hydrogens (primary N) is 1. The van der Waals surface area contributed by atoms with Crippen molar-refractivity contribution in [2.75, 3.05) is 26.2 Å². The Bertz CT molecular complexity index is 408. The van der Waals surface area contributed by atoms with Gasteiger partial charge in [0.05, 0.1) is 0 Å². The summed E-state index contributed by atoms with van der Waals surface area (Å²) in [5.74, 6) is 0.615. The third-order valence-electron chi connectivity index (χ3n) is 5.19. The number of carbonyl (C=O) groups is 1. The number of hydrogen-bond acceptors (Lipinski definition) is 4. The largest absolute Gasteiger partial charge is 0.444 e. The van der Waals surface area contributed by atoms with E-state index in [9.17, 15) is 4.79 Å². The lowest BCUT2D eigenvalue weighted by Gasteiger charge is -2.41. The van der Waals surface area contributed by atoms with Crippen molar-refractivity contribution >= 4 is 6.09 Å². The summed E-state index contributed by atoms with van der Waals surface area (Å²) >= 11 is 0. The molecule has 2 fully saturated rings. The number of carbonyl (C=O) groups excluding carboxylic acids is 1. The summed E-state index contributed by atoms with van der Waals surface area (Å²) in [5.41, 5.74) is 5.57. The standard InChI is InChI=1S/C18H35N3O2/c1-17(2,3)23-16(22)21-10-6-9-18(4,13-21)12-20-15-8-5-7-14(15)11-19/h14-15,20H,5-13,19H2,1-4H3. The number of piperidine rings is 1. The highest BCUT2D eigenvalue weighted by Crippen LogP contribution is 2.31. The summed E-state index contributed by atoms with van der Waals surface area (Å²) < 4.78 is 5.53. The fourth-order valence-electron chi connectivity index (χ4n) is 3.91. The molecule has 0 spiro atoms. The van der Waals surface area contributed by atoms with E-state index < -0.39 is 5.60 Å². The van der Waals surface area contributed by atoms with Gasteiger partial charge in [-0.05, 0) is 64.3 Å². The van der Waals surface area contributed by atoms with Gasteiger partial charge < -0.3 is 20.7 Å². The quantitative estimate of drug-likeness (QED) is 0.834. The molecule has 134 valence electrons. The molecule has 5 heteroatoms. The van der Waals surface area contributed by atoms with E-state index in [1.54, 1.807) is 0 Å². The molecular formula is C18H35N3O2. The van der Waals surface area contributed by atoms with Crippen molar-refractivity contribution in [2.24, 2.45) is 17.1 Å². The Morgan fingerprint density at radius 1 is 1.35 bits per heavy atom. The molecule has 2 aliphatic rings. The molecule has 1 heterocycles. The Kier molecular flexibility index (Phi) is 5.95. The molecule has 0 aromatic carbocycles. The molecule has 0 aromatic rings. The molecule has 5 nitrogen and oxygen atoms in total. The second-order valence-corrected chi connectivity index (χ2v) is 8.73. The van der Waals surface area contributed by atoms with E-state index in [0.717, 1.165) is 39.0 Å². The molecule has 1 saturated carbocycles. The van der Waals surface area contributed by atoms with Crippen LogP contribution in [0.25, 0.3) is 0 Å². The first-order chi connectivity index (χ1) is 10.7. The Morgan fingerprint density at radius 2 is 2.09 bits per heavy atom. The summed E-state index contributed by atoms with van der Waals surface area (Å²) in [6, 6.07) is 0.550. The van der Waals surface area contributed by atoms with Crippen molar-refractivity contribution in [3.8, 4) is 0 Å². The van der Waals surface area contributed by atoms with E-state index >= 15 is 0 Å². The average Bonchev–Trinajstić information content (AvgIpc) is 2.91. The second kappa shape index (κ2) is 7.39. The summed E-state index contributed by atoms with van der Waals surface area (Å²) in [5, 5.41) is 3.74. The molecule has 0 radical (unpaired) electrons. The molecule has 1 aliphatic carbocycles. The van der Waals surface area contributed by atoms with Crippen molar-refractivity contribution in [3.63, 3.8) is 0 Å². The highest BCUT2D eigenvalue weighted by Gasteiger charge is 2.36. The van der Waals surface area contributed by atoms with E-state index in [4.69, 9.17) is 10.5 Å². The van der Waals surface area contributed by atoms with Crippen LogP contribution >= 0.6 is 0 Å². The number of nitrogens with one attached hydrogen (secondary N) is 1. The van der Waals surface area contributed by atoms with Crippen LogP contribution in [0.2, 0.25) is 0 Å². The maximum absolute atomic E-state index is 12.3. The molecule has 1 saturated heterocycles. The summed E-state index contributed by atoms with van der Waals surface area (Å²) in [4.78, 5) is 14.2. The van der Waals surface area contributed by atoms with Crippen LogP contribution in [0.15, 0.2) is 0 Å². The number of rotatable bonds is 4. The fraction of sp³-hybridized carbons (Fsp3) is 0.944. The third-order valence-corrected chi connectivity index (χ3v) is 5.19. The molecule has 0 aromatic heterocycles. The molecule has 1 aliphatic heterocycles. The van der Waals surface area contributed by atoms with Gasteiger partial charge >= 0.3 is 6.09 Å². The van der Waals surface area contributed by atoms with Crippen molar-refractivity contribution in [3.05, 3.63) is 0 Å².